The molecule has 21 heavy (non-hydrogen) atoms. The minimum Gasteiger partial charge on any atom is -0.356 e. The van der Waals surface area contributed by atoms with Gasteiger partial charge in [-0.25, -0.2) is 4.39 Å². The Morgan fingerprint density at radius 3 is 2.95 bits per heavy atom. The van der Waals surface area contributed by atoms with Crippen molar-refractivity contribution in [2.75, 3.05) is 19.6 Å². The second-order valence-corrected chi connectivity index (χ2v) is 6.31. The maximum absolute atomic E-state index is 13.0. The fraction of sp³-hybridized carbons (Fsp3) is 0.588. The van der Waals surface area contributed by atoms with Crippen LogP contribution in [-0.2, 0) is 11.2 Å². The minimum absolute atomic E-state index is 0.0733. The average molecular weight is 290 g/mol. The summed E-state index contributed by atoms with van der Waals surface area (Å²) in [5.74, 6) is 0.437. The van der Waals surface area contributed by atoms with Crippen LogP contribution in [0.4, 0.5) is 4.39 Å². The average Bonchev–Trinajstić information content (AvgIpc) is 3.22. The van der Waals surface area contributed by atoms with Gasteiger partial charge in [0.15, 0.2) is 0 Å². The third-order valence-electron chi connectivity index (χ3n) is 4.50. The molecule has 3 nitrogen and oxygen atoms in total. The summed E-state index contributed by atoms with van der Waals surface area (Å²) in [6.45, 7) is 3.11. The molecule has 1 aromatic carbocycles. The van der Waals surface area contributed by atoms with Gasteiger partial charge in [0.1, 0.15) is 5.82 Å². The van der Waals surface area contributed by atoms with E-state index in [2.05, 4.69) is 10.2 Å². The first-order valence-corrected chi connectivity index (χ1v) is 7.96. The fourth-order valence-corrected chi connectivity index (χ4v) is 3.10. The van der Waals surface area contributed by atoms with E-state index < -0.39 is 0 Å². The van der Waals surface area contributed by atoms with Crippen LogP contribution < -0.4 is 5.32 Å². The molecule has 1 saturated carbocycles. The maximum atomic E-state index is 13.0. The summed E-state index contributed by atoms with van der Waals surface area (Å²) < 4.78 is 13.0. The van der Waals surface area contributed by atoms with Crippen molar-refractivity contribution in [1.82, 2.24) is 10.2 Å². The Morgan fingerprint density at radius 2 is 2.19 bits per heavy atom. The predicted molar refractivity (Wildman–Crippen MR) is 80.4 cm³/mol. The van der Waals surface area contributed by atoms with Crippen molar-refractivity contribution in [3.8, 4) is 0 Å². The Hall–Kier alpha value is -1.42. The highest BCUT2D eigenvalue weighted by Crippen LogP contribution is 2.31. The normalized spacial score (nSPS) is 22.4. The first-order chi connectivity index (χ1) is 10.2. The van der Waals surface area contributed by atoms with E-state index in [-0.39, 0.29) is 11.7 Å². The van der Waals surface area contributed by atoms with Crippen LogP contribution in [0.2, 0.25) is 0 Å². The van der Waals surface area contributed by atoms with Crippen LogP contribution in [-0.4, -0.2) is 36.5 Å². The molecule has 0 radical (unpaired) electrons. The molecule has 1 aliphatic heterocycles. The Bertz CT molecular complexity index is 501. The molecule has 3 rings (SSSR count). The standard InChI is InChI=1S/C17H23FN2O/c18-15-3-1-2-13(10-15)4-7-17(21)19-11-14-8-9-20(12-14)16-5-6-16/h1-3,10,14,16H,4-9,11-12H2,(H,19,21). The van der Waals surface area contributed by atoms with Gasteiger partial charge in [-0.2, -0.15) is 0 Å². The third kappa shape index (κ3) is 4.27. The van der Waals surface area contributed by atoms with E-state index in [1.165, 1.54) is 37.9 Å². The highest BCUT2D eigenvalue weighted by Gasteiger charge is 2.34. The van der Waals surface area contributed by atoms with Crippen LogP contribution >= 0.6 is 0 Å². The Morgan fingerprint density at radius 1 is 1.33 bits per heavy atom. The van der Waals surface area contributed by atoms with Crippen LogP contribution in [0.5, 0.6) is 0 Å². The van der Waals surface area contributed by atoms with Crippen molar-refractivity contribution in [3.05, 3.63) is 35.6 Å². The molecule has 1 saturated heterocycles. The van der Waals surface area contributed by atoms with Crippen molar-refractivity contribution >= 4 is 5.91 Å². The van der Waals surface area contributed by atoms with E-state index in [0.29, 0.717) is 18.8 Å². The van der Waals surface area contributed by atoms with E-state index in [1.807, 2.05) is 6.07 Å². The first kappa shape index (κ1) is 14.5. The van der Waals surface area contributed by atoms with E-state index in [9.17, 15) is 9.18 Å². The second-order valence-electron chi connectivity index (χ2n) is 6.31. The first-order valence-electron chi connectivity index (χ1n) is 7.96. The third-order valence-corrected chi connectivity index (χ3v) is 4.50. The zero-order valence-corrected chi connectivity index (χ0v) is 12.4. The number of nitrogens with zero attached hydrogens (tertiary/aromatic N) is 1. The van der Waals surface area contributed by atoms with Gasteiger partial charge in [0.2, 0.25) is 5.91 Å². The lowest BCUT2D eigenvalue weighted by atomic mass is 10.1. The number of amides is 1. The number of likely N-dealkylation sites (tertiary alicyclic amines) is 1. The summed E-state index contributed by atoms with van der Waals surface area (Å²) in [5, 5.41) is 3.03. The molecular formula is C17H23FN2O. The van der Waals surface area contributed by atoms with Gasteiger partial charge in [0, 0.05) is 25.6 Å². The summed E-state index contributed by atoms with van der Waals surface area (Å²) in [6.07, 6.45) is 4.94. The number of hydrogen-bond donors (Lipinski definition) is 1. The molecule has 1 heterocycles. The van der Waals surface area contributed by atoms with Gasteiger partial charge in [0.05, 0.1) is 0 Å². The summed E-state index contributed by atoms with van der Waals surface area (Å²) >= 11 is 0. The number of carbonyl (C=O) groups excluding carboxylic acids is 1. The van der Waals surface area contributed by atoms with Gasteiger partial charge < -0.3 is 10.2 Å². The number of rotatable bonds is 6. The van der Waals surface area contributed by atoms with Gasteiger partial charge in [-0.15, -0.1) is 0 Å². The van der Waals surface area contributed by atoms with Crippen LogP contribution in [0.25, 0.3) is 0 Å². The maximum Gasteiger partial charge on any atom is 0.220 e. The van der Waals surface area contributed by atoms with E-state index in [0.717, 1.165) is 24.7 Å². The summed E-state index contributed by atoms with van der Waals surface area (Å²) in [7, 11) is 0. The quantitative estimate of drug-likeness (QED) is 0.872. The number of aryl methyl sites for hydroxylation is 1. The van der Waals surface area contributed by atoms with Crippen LogP contribution in [0.15, 0.2) is 24.3 Å². The van der Waals surface area contributed by atoms with Crippen molar-refractivity contribution in [3.63, 3.8) is 0 Å². The van der Waals surface area contributed by atoms with Crippen molar-refractivity contribution < 1.29 is 9.18 Å². The molecule has 1 atom stereocenters. The van der Waals surface area contributed by atoms with Gasteiger partial charge in [0.25, 0.3) is 0 Å². The molecule has 0 spiro atoms. The van der Waals surface area contributed by atoms with Crippen LogP contribution in [0.1, 0.15) is 31.2 Å². The number of carbonyl (C=O) groups is 1. The molecule has 1 aliphatic carbocycles. The topological polar surface area (TPSA) is 32.3 Å². The van der Waals surface area contributed by atoms with Crippen molar-refractivity contribution in [1.29, 1.82) is 0 Å². The molecule has 0 bridgehead atoms. The SMILES string of the molecule is O=C(CCc1cccc(F)c1)NCC1CCN(C2CC2)C1. The van der Waals surface area contributed by atoms with Crippen LogP contribution in [0.3, 0.4) is 0 Å². The Labute approximate surface area is 125 Å². The van der Waals surface area contributed by atoms with E-state index in [1.54, 1.807) is 6.07 Å². The van der Waals surface area contributed by atoms with Gasteiger partial charge in [-0.05, 0) is 55.8 Å². The molecule has 0 aromatic heterocycles. The lowest BCUT2D eigenvalue weighted by molar-refractivity contribution is -0.121. The monoisotopic (exact) mass is 290 g/mol. The second kappa shape index (κ2) is 6.56. The molecule has 1 N–H and O–H groups in total. The molecule has 1 aromatic rings. The molecule has 2 aliphatic rings. The number of halogens is 1. The Kier molecular flexibility index (Phi) is 4.54. The summed E-state index contributed by atoms with van der Waals surface area (Å²) in [4.78, 5) is 14.4. The minimum atomic E-state index is -0.237. The molecule has 1 unspecified atom stereocenters. The fourth-order valence-electron chi connectivity index (χ4n) is 3.10. The smallest absolute Gasteiger partial charge is 0.220 e. The lowest BCUT2D eigenvalue weighted by Crippen LogP contribution is -2.31. The summed E-state index contributed by atoms with van der Waals surface area (Å²) in [5.41, 5.74) is 0.880. The van der Waals surface area contributed by atoms with Crippen molar-refractivity contribution in [2.24, 2.45) is 5.92 Å². The van der Waals surface area contributed by atoms with E-state index in [4.69, 9.17) is 0 Å². The molecule has 114 valence electrons. The lowest BCUT2D eigenvalue weighted by Gasteiger charge is -2.15. The van der Waals surface area contributed by atoms with E-state index >= 15 is 0 Å². The number of hydrogen-bond acceptors (Lipinski definition) is 2. The highest BCUT2D eigenvalue weighted by atomic mass is 19.1. The summed E-state index contributed by atoms with van der Waals surface area (Å²) in [6, 6.07) is 7.31. The van der Waals surface area contributed by atoms with Gasteiger partial charge in [-0.1, -0.05) is 12.1 Å². The zero-order valence-electron chi connectivity index (χ0n) is 12.4. The van der Waals surface area contributed by atoms with Gasteiger partial charge in [-0.3, -0.25) is 4.79 Å². The van der Waals surface area contributed by atoms with Gasteiger partial charge >= 0.3 is 0 Å². The largest absolute Gasteiger partial charge is 0.356 e. The number of nitrogens with one attached hydrogen (secondary N) is 1. The predicted octanol–water partition coefficient (Wildman–Crippen LogP) is 2.36. The molecule has 2 fully saturated rings. The zero-order chi connectivity index (χ0) is 14.7. The number of benzene rings is 1. The Balaban J connectivity index is 1.35. The highest BCUT2D eigenvalue weighted by molar-refractivity contribution is 5.76. The molecular weight excluding hydrogens is 267 g/mol. The molecule has 4 heteroatoms. The van der Waals surface area contributed by atoms with Crippen LogP contribution in [0, 0.1) is 11.7 Å². The molecule has 1 amide bonds. The van der Waals surface area contributed by atoms with Crippen molar-refractivity contribution in [2.45, 2.75) is 38.1 Å².